The molecule has 7 heteroatoms. The fourth-order valence-electron chi connectivity index (χ4n) is 2.41. The molecule has 0 aliphatic rings. The molecular weight excluding hydrogens is 336 g/mol. The summed E-state index contributed by atoms with van der Waals surface area (Å²) in [6, 6.07) is 13.7. The minimum Gasteiger partial charge on any atom is -0.464 e. The summed E-state index contributed by atoms with van der Waals surface area (Å²) in [6.45, 7) is 2.35. The highest BCUT2D eigenvalue weighted by Crippen LogP contribution is 2.22. The predicted molar refractivity (Wildman–Crippen MR) is 97.1 cm³/mol. The van der Waals surface area contributed by atoms with E-state index in [9.17, 15) is 4.79 Å². The average molecular weight is 356 g/mol. The Morgan fingerprint density at radius 1 is 1.20 bits per heavy atom. The topological polar surface area (TPSA) is 64.2 Å². The van der Waals surface area contributed by atoms with Gasteiger partial charge in [-0.3, -0.25) is 4.79 Å². The number of nitrogens with zero attached hydrogens (tertiary/aromatic N) is 4. The summed E-state index contributed by atoms with van der Waals surface area (Å²) in [4.78, 5) is 14.0. The third-order valence-electron chi connectivity index (χ3n) is 3.81. The smallest absolute Gasteiger partial charge is 0.233 e. The van der Waals surface area contributed by atoms with Gasteiger partial charge in [0.1, 0.15) is 11.5 Å². The van der Waals surface area contributed by atoms with Crippen molar-refractivity contribution in [1.82, 2.24) is 19.7 Å². The van der Waals surface area contributed by atoms with Gasteiger partial charge in [0.05, 0.1) is 12.3 Å². The third-order valence-corrected chi connectivity index (χ3v) is 4.81. The van der Waals surface area contributed by atoms with Gasteiger partial charge < -0.3 is 13.9 Å². The first-order valence-corrected chi connectivity index (χ1v) is 8.90. The van der Waals surface area contributed by atoms with Gasteiger partial charge in [-0.1, -0.05) is 42.1 Å². The van der Waals surface area contributed by atoms with E-state index in [0.29, 0.717) is 12.3 Å². The Morgan fingerprint density at radius 2 is 1.96 bits per heavy atom. The number of rotatable bonds is 6. The normalized spacial score (nSPS) is 10.8. The van der Waals surface area contributed by atoms with E-state index in [-0.39, 0.29) is 5.91 Å². The van der Waals surface area contributed by atoms with Gasteiger partial charge in [-0.05, 0) is 19.1 Å². The molecule has 1 aromatic carbocycles. The molecule has 0 aliphatic heterocycles. The number of aromatic nitrogens is 3. The van der Waals surface area contributed by atoms with Crippen molar-refractivity contribution in [1.29, 1.82) is 0 Å². The largest absolute Gasteiger partial charge is 0.464 e. The molecule has 2 heterocycles. The van der Waals surface area contributed by atoms with Gasteiger partial charge in [0, 0.05) is 19.7 Å². The summed E-state index contributed by atoms with van der Waals surface area (Å²) in [6.07, 6.45) is 0. The van der Waals surface area contributed by atoms with Crippen LogP contribution < -0.4 is 0 Å². The number of carbonyl (C=O) groups excluding carboxylic acids is 1. The molecule has 0 atom stereocenters. The van der Waals surface area contributed by atoms with Gasteiger partial charge in [0.25, 0.3) is 0 Å². The number of hydrogen-bond acceptors (Lipinski definition) is 5. The first kappa shape index (κ1) is 17.3. The molecule has 1 amide bonds. The van der Waals surface area contributed by atoms with Gasteiger partial charge >= 0.3 is 0 Å². The van der Waals surface area contributed by atoms with Crippen LogP contribution in [-0.2, 0) is 18.4 Å². The average Bonchev–Trinajstić information content (AvgIpc) is 3.19. The van der Waals surface area contributed by atoms with Gasteiger partial charge in [-0.15, -0.1) is 10.2 Å². The van der Waals surface area contributed by atoms with Crippen molar-refractivity contribution >= 4 is 17.7 Å². The minimum absolute atomic E-state index is 0.0170. The number of benzene rings is 1. The van der Waals surface area contributed by atoms with E-state index in [0.717, 1.165) is 28.1 Å². The van der Waals surface area contributed by atoms with Gasteiger partial charge in [0.2, 0.25) is 5.91 Å². The number of furan rings is 1. The number of aryl methyl sites for hydroxylation is 1. The molecule has 130 valence electrons. The molecular formula is C18H20N4O2S. The summed E-state index contributed by atoms with van der Waals surface area (Å²) < 4.78 is 7.42. The molecule has 0 radical (unpaired) electrons. The van der Waals surface area contributed by atoms with Crippen LogP contribution in [-0.4, -0.2) is 38.4 Å². The zero-order valence-electron chi connectivity index (χ0n) is 14.5. The quantitative estimate of drug-likeness (QED) is 0.635. The molecule has 0 bridgehead atoms. The van der Waals surface area contributed by atoms with E-state index in [1.54, 1.807) is 11.9 Å². The number of amides is 1. The standard InChI is InChI=1S/C18H20N4O2S/c1-13-9-10-15(24-13)11-21(2)16(23)12-25-18-20-19-17(22(18)3)14-7-5-4-6-8-14/h4-10H,11-12H2,1-3H3. The number of hydrogen-bond donors (Lipinski definition) is 0. The first-order valence-electron chi connectivity index (χ1n) is 7.91. The molecule has 0 spiro atoms. The van der Waals surface area contributed by atoms with Crippen LogP contribution in [0.4, 0.5) is 0 Å². The van der Waals surface area contributed by atoms with Crippen molar-refractivity contribution in [2.75, 3.05) is 12.8 Å². The Hall–Kier alpha value is -2.54. The molecule has 2 aromatic heterocycles. The lowest BCUT2D eigenvalue weighted by atomic mass is 10.2. The Balaban J connectivity index is 1.60. The molecule has 0 aliphatic carbocycles. The van der Waals surface area contributed by atoms with Crippen molar-refractivity contribution in [3.05, 3.63) is 54.0 Å². The Labute approximate surface area is 150 Å². The van der Waals surface area contributed by atoms with Crippen molar-refractivity contribution < 1.29 is 9.21 Å². The second-order valence-electron chi connectivity index (χ2n) is 5.78. The lowest BCUT2D eigenvalue weighted by Crippen LogP contribution is -2.27. The zero-order chi connectivity index (χ0) is 17.8. The van der Waals surface area contributed by atoms with Gasteiger partial charge in [-0.25, -0.2) is 0 Å². The van der Waals surface area contributed by atoms with E-state index in [1.807, 2.05) is 61.0 Å². The van der Waals surface area contributed by atoms with Crippen LogP contribution in [0, 0.1) is 6.92 Å². The van der Waals surface area contributed by atoms with Crippen LogP contribution in [0.3, 0.4) is 0 Å². The summed E-state index contributed by atoms with van der Waals surface area (Å²) in [5.74, 6) is 2.73. The highest BCUT2D eigenvalue weighted by Gasteiger charge is 2.15. The monoisotopic (exact) mass is 356 g/mol. The molecule has 0 unspecified atom stereocenters. The SMILES string of the molecule is Cc1ccc(CN(C)C(=O)CSc2nnc(-c3ccccc3)n2C)o1. The maximum atomic E-state index is 12.3. The van der Waals surface area contributed by atoms with E-state index < -0.39 is 0 Å². The van der Waals surface area contributed by atoms with Crippen molar-refractivity contribution in [2.24, 2.45) is 7.05 Å². The molecule has 0 saturated heterocycles. The van der Waals surface area contributed by atoms with E-state index in [1.165, 1.54) is 11.8 Å². The lowest BCUT2D eigenvalue weighted by molar-refractivity contribution is -0.127. The van der Waals surface area contributed by atoms with Crippen molar-refractivity contribution in [3.8, 4) is 11.4 Å². The Kier molecular flexibility index (Phi) is 5.23. The molecule has 0 fully saturated rings. The minimum atomic E-state index is 0.0170. The highest BCUT2D eigenvalue weighted by molar-refractivity contribution is 7.99. The van der Waals surface area contributed by atoms with E-state index in [2.05, 4.69) is 10.2 Å². The second kappa shape index (κ2) is 7.57. The van der Waals surface area contributed by atoms with Crippen LogP contribution in [0.1, 0.15) is 11.5 Å². The molecule has 3 rings (SSSR count). The van der Waals surface area contributed by atoms with Gasteiger partial charge in [-0.2, -0.15) is 0 Å². The summed E-state index contributed by atoms with van der Waals surface area (Å²) in [7, 11) is 3.68. The van der Waals surface area contributed by atoms with Gasteiger partial charge in [0.15, 0.2) is 11.0 Å². The van der Waals surface area contributed by atoms with Crippen LogP contribution in [0.5, 0.6) is 0 Å². The molecule has 0 saturated carbocycles. The molecule has 25 heavy (non-hydrogen) atoms. The van der Waals surface area contributed by atoms with Crippen LogP contribution >= 0.6 is 11.8 Å². The summed E-state index contributed by atoms with van der Waals surface area (Å²) >= 11 is 1.38. The maximum absolute atomic E-state index is 12.3. The first-order chi connectivity index (χ1) is 12.0. The van der Waals surface area contributed by atoms with Crippen LogP contribution in [0.2, 0.25) is 0 Å². The third kappa shape index (κ3) is 4.11. The van der Waals surface area contributed by atoms with Crippen molar-refractivity contribution in [3.63, 3.8) is 0 Å². The molecule has 6 nitrogen and oxygen atoms in total. The summed E-state index contributed by atoms with van der Waals surface area (Å²) in [5.41, 5.74) is 1.00. The maximum Gasteiger partial charge on any atom is 0.233 e. The predicted octanol–water partition coefficient (Wildman–Crippen LogP) is 3.13. The lowest BCUT2D eigenvalue weighted by Gasteiger charge is -2.15. The fourth-order valence-corrected chi connectivity index (χ4v) is 3.26. The number of carbonyl (C=O) groups is 1. The highest BCUT2D eigenvalue weighted by atomic mass is 32.2. The second-order valence-corrected chi connectivity index (χ2v) is 6.72. The summed E-state index contributed by atoms with van der Waals surface area (Å²) in [5, 5.41) is 9.15. The van der Waals surface area contributed by atoms with Crippen LogP contribution in [0.25, 0.3) is 11.4 Å². The zero-order valence-corrected chi connectivity index (χ0v) is 15.3. The molecule has 0 N–H and O–H groups in total. The molecule has 3 aromatic rings. The fraction of sp³-hybridized carbons (Fsp3) is 0.278. The van der Waals surface area contributed by atoms with Crippen LogP contribution in [0.15, 0.2) is 52.0 Å². The Morgan fingerprint density at radius 3 is 2.64 bits per heavy atom. The van der Waals surface area contributed by atoms with E-state index >= 15 is 0 Å². The number of thioether (sulfide) groups is 1. The Bertz CT molecular complexity index is 857. The van der Waals surface area contributed by atoms with E-state index in [4.69, 9.17) is 4.42 Å². The van der Waals surface area contributed by atoms with Crippen molar-refractivity contribution in [2.45, 2.75) is 18.6 Å².